The normalized spacial score (nSPS) is 10.8. The van der Waals surface area contributed by atoms with Gasteiger partial charge in [-0.25, -0.2) is 14.8 Å². The molecule has 0 unspecified atom stereocenters. The number of hydrogen-bond donors (Lipinski definition) is 0. The number of rotatable bonds is 0. The Kier molecular flexibility index (Phi) is 33.8. The van der Waals surface area contributed by atoms with E-state index in [9.17, 15) is 0 Å². The highest BCUT2D eigenvalue weighted by Gasteiger charge is 2.14. The van der Waals surface area contributed by atoms with Crippen molar-refractivity contribution in [3.8, 4) is 0 Å². The van der Waals surface area contributed by atoms with E-state index in [1.165, 1.54) is 89.7 Å². The Hall–Kier alpha value is -8.24. The third kappa shape index (κ3) is 30.6. The quantitative estimate of drug-likeness (QED) is 0.135. The molecule has 0 aliphatic heterocycles. The summed E-state index contributed by atoms with van der Waals surface area (Å²) in [4.78, 5) is 44.7. The van der Waals surface area contributed by atoms with Crippen molar-refractivity contribution < 1.29 is 0 Å². The molecule has 0 amide bonds. The highest BCUT2D eigenvalue weighted by atomic mass is 35.5. The summed E-state index contributed by atoms with van der Waals surface area (Å²) in [6, 6.07) is 37.9. The number of aromatic nitrogens is 10. The van der Waals surface area contributed by atoms with E-state index in [0.717, 1.165) is 51.8 Å². The Balaban J connectivity index is 0.000000234. The third-order valence-electron chi connectivity index (χ3n) is 11.6. The van der Waals surface area contributed by atoms with Gasteiger partial charge in [0, 0.05) is 96.6 Å². The van der Waals surface area contributed by atoms with Gasteiger partial charge in [-0.1, -0.05) is 78.2 Å². The Morgan fingerprint density at radius 3 is 1.41 bits per heavy atom. The smallest absolute Gasteiger partial charge is 0.201 e. The fourth-order valence-corrected chi connectivity index (χ4v) is 8.16. The highest BCUT2D eigenvalue weighted by Crippen LogP contribution is 2.35. The van der Waals surface area contributed by atoms with Gasteiger partial charge in [-0.2, -0.15) is 11.3 Å². The zero-order valence-corrected chi connectivity index (χ0v) is 49.9. The van der Waals surface area contributed by atoms with Crippen molar-refractivity contribution in [2.75, 3.05) is 0 Å². The molecule has 13 heteroatoms. The van der Waals surface area contributed by atoms with Crippen LogP contribution in [-0.2, 0) is 25.7 Å². The number of benzene rings is 1. The van der Waals surface area contributed by atoms with Crippen LogP contribution in [0.15, 0.2) is 195 Å². The summed E-state index contributed by atoms with van der Waals surface area (Å²) in [5.74, 6) is 0. The summed E-state index contributed by atoms with van der Waals surface area (Å²) < 4.78 is 0. The van der Waals surface area contributed by atoms with Gasteiger partial charge in [0.2, 0.25) is 5.69 Å². The van der Waals surface area contributed by atoms with Gasteiger partial charge >= 0.3 is 0 Å². The first kappa shape index (κ1) is 66.0. The van der Waals surface area contributed by atoms with Gasteiger partial charge in [0.15, 0.2) is 0 Å². The van der Waals surface area contributed by atoms with E-state index in [0.29, 0.717) is 5.02 Å². The van der Waals surface area contributed by atoms with Crippen LogP contribution in [0.2, 0.25) is 5.02 Å². The number of halogens is 1. The van der Waals surface area contributed by atoms with Crippen LogP contribution in [0.5, 0.6) is 0 Å². The highest BCUT2D eigenvalue weighted by molar-refractivity contribution is 7.10. The van der Waals surface area contributed by atoms with E-state index < -0.39 is 0 Å². The summed E-state index contributed by atoms with van der Waals surface area (Å²) in [6.45, 7) is 26.9. The molecule has 0 radical (unpaired) electrons. The van der Waals surface area contributed by atoms with Crippen molar-refractivity contribution in [1.82, 2.24) is 49.8 Å². The van der Waals surface area contributed by atoms with Crippen LogP contribution in [-0.4, -0.2) is 49.8 Å². The molecular formula is C67H78ClN11S. The third-order valence-corrected chi connectivity index (χ3v) is 12.9. The lowest BCUT2D eigenvalue weighted by molar-refractivity contribution is 0.668. The number of hydrogen-bond acceptors (Lipinski definition) is 11. The number of nitrogens with zero attached hydrogens (tertiary/aromatic N) is 11. The van der Waals surface area contributed by atoms with Crippen LogP contribution >= 0.6 is 22.9 Å². The molecule has 10 aromatic rings. The molecule has 11 nitrogen and oxygen atoms in total. The van der Waals surface area contributed by atoms with Gasteiger partial charge < -0.3 is 0 Å². The first-order valence-electron chi connectivity index (χ1n) is 26.7. The first-order chi connectivity index (χ1) is 38.7. The lowest BCUT2D eigenvalue weighted by atomic mass is 9.96. The van der Waals surface area contributed by atoms with E-state index in [-0.39, 0.29) is 0 Å². The van der Waals surface area contributed by atoms with E-state index in [2.05, 4.69) is 92.8 Å². The summed E-state index contributed by atoms with van der Waals surface area (Å²) in [7, 11) is 0. The molecule has 414 valence electrons. The maximum Gasteiger partial charge on any atom is 0.201 e. The number of thiophene rings is 1. The number of pyridine rings is 6. The van der Waals surface area contributed by atoms with E-state index in [1.807, 2.05) is 164 Å². The monoisotopic (exact) mass is 1100 g/mol. The molecule has 0 bridgehead atoms. The van der Waals surface area contributed by atoms with Crippen LogP contribution in [0.25, 0.3) is 4.85 Å². The molecule has 80 heavy (non-hydrogen) atoms. The molecule has 1 aromatic carbocycles. The second-order valence-electron chi connectivity index (χ2n) is 18.4. The van der Waals surface area contributed by atoms with E-state index >= 15 is 0 Å². The lowest BCUT2D eigenvalue weighted by Gasteiger charge is -2.12. The summed E-state index contributed by atoms with van der Waals surface area (Å²) in [5.41, 5.74) is 16.3. The lowest BCUT2D eigenvalue weighted by Crippen LogP contribution is -2.03. The molecule has 0 N–H and O–H groups in total. The van der Waals surface area contributed by atoms with Crippen molar-refractivity contribution in [2.45, 2.75) is 121 Å². The molecule has 0 spiro atoms. The minimum absolute atomic E-state index is 0.699. The SMILES string of the molecule is Cc1ccccc1.Cc1ccccn1.Cc1ccccn1.Cc1cccnc1C.Cc1ccncc1.Cc1ccncn1.Cc1cncc(Cl)c1.Cc1nccnc1C.[C-]#[N+]c1csc2c1CCCC2.c1cnc2c(c1)CCCC2. The standard InChI is InChI=1S/C9H9NS.C9H11N.C7H9N.C7H8.C6H6ClN.C6H8N2.3C6H7N.C5H6N2/c1-10-8-6-11-9-5-3-2-4-7(8)9;1-2-6-9-8(4-1)5-3-7-10-9;1-6-4-3-5-8-7(6)2;1-7-5-3-2-4-6-7;1-5-2-6(7)4-8-3-5;1-5-6(2)8-4-3-7-5;1-6-2-4-7-5-3-6;2*1-6-4-2-3-5-7-6;1-5-2-3-6-4-7-5/h6H,2-5H2;3,5,7H,1-2,4,6H2;3-5H,1-2H3;2-6H,1H3;2-4H,1H3;3-4H,1-2H3;3*2-5H,1H3;2-4H,1H3. The number of aryl methyl sites for hydroxylation is 13. The van der Waals surface area contributed by atoms with Gasteiger partial charge in [-0.3, -0.25) is 39.9 Å². The fourth-order valence-electron chi connectivity index (χ4n) is 6.88. The van der Waals surface area contributed by atoms with Crippen molar-refractivity contribution in [2.24, 2.45) is 0 Å². The van der Waals surface area contributed by atoms with Crippen LogP contribution in [0.1, 0.15) is 104 Å². The van der Waals surface area contributed by atoms with Gasteiger partial charge in [-0.15, -0.1) is 0 Å². The first-order valence-corrected chi connectivity index (χ1v) is 28.0. The molecule has 12 rings (SSSR count). The van der Waals surface area contributed by atoms with Gasteiger partial charge in [0.25, 0.3) is 0 Å². The molecule has 9 heterocycles. The molecule has 0 fully saturated rings. The largest absolute Gasteiger partial charge is 0.265 e. The minimum atomic E-state index is 0.699. The van der Waals surface area contributed by atoms with Crippen molar-refractivity contribution in [3.63, 3.8) is 0 Å². The predicted molar refractivity (Wildman–Crippen MR) is 332 cm³/mol. The number of fused-ring (bicyclic) bond motifs is 2. The van der Waals surface area contributed by atoms with Crippen molar-refractivity contribution >= 4 is 28.6 Å². The minimum Gasteiger partial charge on any atom is -0.265 e. The maximum atomic E-state index is 6.93. The average Bonchev–Trinajstić information content (AvgIpc) is 3.92. The van der Waals surface area contributed by atoms with Crippen molar-refractivity contribution in [1.29, 1.82) is 0 Å². The molecule has 0 atom stereocenters. The Labute approximate surface area is 486 Å². The zero-order valence-electron chi connectivity index (χ0n) is 48.3. The Morgan fingerprint density at radius 2 is 0.988 bits per heavy atom. The zero-order chi connectivity index (χ0) is 58.0. The van der Waals surface area contributed by atoms with Gasteiger partial charge in [-0.05, 0) is 213 Å². The summed E-state index contributed by atoms with van der Waals surface area (Å²) >= 11 is 7.35. The summed E-state index contributed by atoms with van der Waals surface area (Å²) in [5, 5.41) is 2.70. The predicted octanol–water partition coefficient (Wildman–Crippen LogP) is 16.9. The van der Waals surface area contributed by atoms with Crippen molar-refractivity contribution in [3.05, 3.63) is 290 Å². The molecule has 9 aromatic heterocycles. The average molecular weight is 1100 g/mol. The topological polar surface area (TPSA) is 133 Å². The van der Waals surface area contributed by atoms with Gasteiger partial charge in [0.1, 0.15) is 6.33 Å². The van der Waals surface area contributed by atoms with Crippen LogP contribution in [0.3, 0.4) is 0 Å². The Bertz CT molecular complexity index is 2850. The van der Waals surface area contributed by atoms with E-state index in [4.69, 9.17) is 18.2 Å². The van der Waals surface area contributed by atoms with Crippen LogP contribution < -0.4 is 0 Å². The van der Waals surface area contributed by atoms with E-state index in [1.54, 1.807) is 67.1 Å². The van der Waals surface area contributed by atoms with Gasteiger partial charge in [0.05, 0.1) is 23.0 Å². The molecule has 2 aliphatic carbocycles. The second-order valence-corrected chi connectivity index (χ2v) is 19.8. The second kappa shape index (κ2) is 40.9. The molecule has 2 aliphatic rings. The molecule has 0 saturated heterocycles. The fraction of sp³-hybridized carbons (Fsp3) is 0.269. The molecular weight excluding hydrogens is 1030 g/mol. The maximum absolute atomic E-state index is 6.93. The molecule has 0 saturated carbocycles. The Morgan fingerprint density at radius 1 is 0.438 bits per heavy atom. The van der Waals surface area contributed by atoms with Crippen LogP contribution in [0.4, 0.5) is 5.69 Å². The van der Waals surface area contributed by atoms with Crippen LogP contribution in [0, 0.1) is 75.8 Å². The summed E-state index contributed by atoms with van der Waals surface area (Å²) in [6.07, 6.45) is 30.9.